The Balaban J connectivity index is 2.06. The summed E-state index contributed by atoms with van der Waals surface area (Å²) in [5.41, 5.74) is 9.92. The molecule has 1 aromatic rings. The first-order valence-electron chi connectivity index (χ1n) is 6.62. The van der Waals surface area contributed by atoms with Crippen molar-refractivity contribution in [1.82, 2.24) is 0 Å². The number of hydrogen-bond acceptors (Lipinski definition) is 2. The van der Waals surface area contributed by atoms with E-state index in [9.17, 15) is 0 Å². The van der Waals surface area contributed by atoms with Gasteiger partial charge in [0.1, 0.15) is 0 Å². The van der Waals surface area contributed by atoms with Gasteiger partial charge in [-0.15, -0.1) is 0 Å². The zero-order valence-corrected chi connectivity index (χ0v) is 11.2. The van der Waals surface area contributed by atoms with Crippen molar-refractivity contribution < 1.29 is 0 Å². The molecule has 2 N–H and O–H groups in total. The maximum absolute atomic E-state index is 5.84. The molecule has 0 amide bonds. The molecule has 1 saturated carbocycles. The van der Waals surface area contributed by atoms with Crippen LogP contribution in [0.1, 0.15) is 30.9 Å². The second-order valence-corrected chi connectivity index (χ2v) is 5.63. The number of nitrogens with two attached hydrogens (primary N) is 1. The minimum atomic E-state index is 0.240. The van der Waals surface area contributed by atoms with Gasteiger partial charge in [-0.05, 0) is 56.2 Å². The predicted molar refractivity (Wildman–Crippen MR) is 74.5 cm³/mol. The molecule has 1 unspecified atom stereocenters. The number of anilines is 1. The monoisotopic (exact) mass is 232 g/mol. The van der Waals surface area contributed by atoms with Crippen molar-refractivity contribution in [3.05, 3.63) is 29.3 Å². The molecule has 1 aromatic carbocycles. The Morgan fingerprint density at radius 2 is 2.12 bits per heavy atom. The van der Waals surface area contributed by atoms with Crippen molar-refractivity contribution in [2.45, 2.75) is 39.2 Å². The fourth-order valence-electron chi connectivity index (χ4n) is 2.43. The molecule has 1 aliphatic carbocycles. The molecule has 17 heavy (non-hydrogen) atoms. The summed E-state index contributed by atoms with van der Waals surface area (Å²) in [6, 6.07) is 6.98. The highest BCUT2D eigenvalue weighted by molar-refractivity contribution is 5.54. The highest BCUT2D eigenvalue weighted by Gasteiger charge is 2.23. The van der Waals surface area contributed by atoms with Crippen LogP contribution in [0.4, 0.5) is 5.69 Å². The van der Waals surface area contributed by atoms with Gasteiger partial charge in [-0.25, -0.2) is 0 Å². The average Bonchev–Trinajstić information content (AvgIpc) is 3.00. The van der Waals surface area contributed by atoms with Gasteiger partial charge in [-0.1, -0.05) is 12.1 Å². The quantitative estimate of drug-likeness (QED) is 0.846. The van der Waals surface area contributed by atoms with E-state index in [0.717, 1.165) is 12.3 Å². The Morgan fingerprint density at radius 1 is 1.41 bits per heavy atom. The summed E-state index contributed by atoms with van der Waals surface area (Å²) in [4.78, 5) is 2.39. The Bertz CT molecular complexity index is 381. The Labute approximate surface area is 105 Å². The first kappa shape index (κ1) is 12.4. The molecule has 0 saturated heterocycles. The van der Waals surface area contributed by atoms with Crippen LogP contribution < -0.4 is 10.6 Å². The van der Waals surface area contributed by atoms with Crippen molar-refractivity contribution in [2.24, 2.45) is 11.7 Å². The molecule has 0 radical (unpaired) electrons. The number of benzene rings is 1. The normalized spacial score (nSPS) is 16.9. The molecule has 1 atom stereocenters. The van der Waals surface area contributed by atoms with Crippen molar-refractivity contribution >= 4 is 5.69 Å². The van der Waals surface area contributed by atoms with Gasteiger partial charge >= 0.3 is 0 Å². The van der Waals surface area contributed by atoms with Gasteiger partial charge < -0.3 is 10.6 Å². The summed E-state index contributed by atoms with van der Waals surface area (Å²) in [5.74, 6) is 0.933. The summed E-state index contributed by atoms with van der Waals surface area (Å²) in [6.07, 6.45) is 3.78. The van der Waals surface area contributed by atoms with Crippen LogP contribution in [0.3, 0.4) is 0 Å². The van der Waals surface area contributed by atoms with Gasteiger partial charge in [-0.3, -0.25) is 0 Å². The smallest absolute Gasteiger partial charge is 0.0393 e. The average molecular weight is 232 g/mol. The van der Waals surface area contributed by atoms with E-state index in [2.05, 4.69) is 44.0 Å². The van der Waals surface area contributed by atoms with Crippen LogP contribution in [0.5, 0.6) is 0 Å². The third-order valence-corrected chi connectivity index (χ3v) is 3.46. The van der Waals surface area contributed by atoms with Crippen LogP contribution in [0, 0.1) is 12.8 Å². The lowest BCUT2D eigenvalue weighted by molar-refractivity contribution is 0.737. The van der Waals surface area contributed by atoms with Crippen LogP contribution in [-0.4, -0.2) is 19.6 Å². The molecule has 0 aromatic heterocycles. The first-order valence-corrected chi connectivity index (χ1v) is 6.62. The largest absolute Gasteiger partial charge is 0.374 e. The zero-order valence-electron chi connectivity index (χ0n) is 11.2. The summed E-state index contributed by atoms with van der Waals surface area (Å²) in [6.45, 7) is 5.46. The number of rotatable bonds is 5. The predicted octanol–water partition coefficient (Wildman–Crippen LogP) is 2.73. The van der Waals surface area contributed by atoms with Crippen molar-refractivity contribution in [3.63, 3.8) is 0 Å². The molecule has 2 rings (SSSR count). The van der Waals surface area contributed by atoms with Gasteiger partial charge in [0.15, 0.2) is 0 Å². The SMILES string of the molecule is Cc1cc(CC(C)N)ccc1N(C)CC1CC1. The van der Waals surface area contributed by atoms with Crippen LogP contribution in [0.15, 0.2) is 18.2 Å². The van der Waals surface area contributed by atoms with Gasteiger partial charge in [0.2, 0.25) is 0 Å². The van der Waals surface area contributed by atoms with E-state index in [0.29, 0.717) is 0 Å². The molecule has 0 spiro atoms. The maximum Gasteiger partial charge on any atom is 0.0393 e. The van der Waals surface area contributed by atoms with E-state index in [-0.39, 0.29) is 6.04 Å². The second kappa shape index (κ2) is 5.09. The second-order valence-electron chi connectivity index (χ2n) is 5.63. The fourth-order valence-corrected chi connectivity index (χ4v) is 2.43. The van der Waals surface area contributed by atoms with Crippen molar-refractivity contribution in [2.75, 3.05) is 18.5 Å². The Morgan fingerprint density at radius 3 is 2.65 bits per heavy atom. The lowest BCUT2D eigenvalue weighted by atomic mass is 10.0. The zero-order chi connectivity index (χ0) is 12.4. The lowest BCUT2D eigenvalue weighted by Crippen LogP contribution is -2.21. The molecule has 2 nitrogen and oxygen atoms in total. The molecule has 94 valence electrons. The number of nitrogens with zero attached hydrogens (tertiary/aromatic N) is 1. The Kier molecular flexibility index (Phi) is 3.72. The van der Waals surface area contributed by atoms with Crippen molar-refractivity contribution in [1.29, 1.82) is 0 Å². The third kappa shape index (κ3) is 3.47. The fraction of sp³-hybridized carbons (Fsp3) is 0.600. The van der Waals surface area contributed by atoms with Gasteiger partial charge in [-0.2, -0.15) is 0 Å². The molecule has 0 bridgehead atoms. The molecule has 2 heteroatoms. The van der Waals surface area contributed by atoms with Gasteiger partial charge in [0.05, 0.1) is 0 Å². The third-order valence-electron chi connectivity index (χ3n) is 3.46. The molecule has 0 aliphatic heterocycles. The van der Waals surface area contributed by atoms with E-state index in [4.69, 9.17) is 5.73 Å². The maximum atomic E-state index is 5.84. The van der Waals surface area contributed by atoms with Crippen LogP contribution in [-0.2, 0) is 6.42 Å². The summed E-state index contributed by atoms with van der Waals surface area (Å²) in [7, 11) is 2.20. The molecule has 1 fully saturated rings. The standard InChI is InChI=1S/C15H24N2/c1-11-8-14(9-12(2)16)6-7-15(11)17(3)10-13-4-5-13/h6-8,12-13H,4-5,9-10,16H2,1-3H3. The topological polar surface area (TPSA) is 29.3 Å². The Hall–Kier alpha value is -1.02. The van der Waals surface area contributed by atoms with E-state index >= 15 is 0 Å². The summed E-state index contributed by atoms with van der Waals surface area (Å²) < 4.78 is 0. The van der Waals surface area contributed by atoms with E-state index in [1.165, 1.54) is 36.2 Å². The van der Waals surface area contributed by atoms with E-state index < -0.39 is 0 Å². The van der Waals surface area contributed by atoms with E-state index in [1.807, 2.05) is 0 Å². The minimum absolute atomic E-state index is 0.240. The van der Waals surface area contributed by atoms with Gasteiger partial charge in [0, 0.05) is 25.3 Å². The van der Waals surface area contributed by atoms with Gasteiger partial charge in [0.25, 0.3) is 0 Å². The molecular formula is C15H24N2. The van der Waals surface area contributed by atoms with E-state index in [1.54, 1.807) is 0 Å². The highest BCUT2D eigenvalue weighted by Crippen LogP contribution is 2.31. The van der Waals surface area contributed by atoms with Crippen molar-refractivity contribution in [3.8, 4) is 0 Å². The summed E-state index contributed by atoms with van der Waals surface area (Å²) >= 11 is 0. The summed E-state index contributed by atoms with van der Waals surface area (Å²) in [5, 5.41) is 0. The van der Waals surface area contributed by atoms with Crippen LogP contribution >= 0.6 is 0 Å². The molecule has 0 heterocycles. The first-order chi connectivity index (χ1) is 8.06. The molecular weight excluding hydrogens is 208 g/mol. The molecule has 1 aliphatic rings. The lowest BCUT2D eigenvalue weighted by Gasteiger charge is -2.22. The minimum Gasteiger partial charge on any atom is -0.374 e. The number of hydrogen-bond donors (Lipinski definition) is 1. The van der Waals surface area contributed by atoms with Crippen LogP contribution in [0.25, 0.3) is 0 Å². The number of aryl methyl sites for hydroxylation is 1. The van der Waals surface area contributed by atoms with Crippen LogP contribution in [0.2, 0.25) is 0 Å². The highest BCUT2D eigenvalue weighted by atomic mass is 15.1.